The van der Waals surface area contributed by atoms with Gasteiger partial charge >= 0.3 is 0 Å². The Morgan fingerprint density at radius 3 is 1.88 bits per heavy atom. The molecule has 0 fully saturated rings. The van der Waals surface area contributed by atoms with Gasteiger partial charge in [-0.05, 0) is 24.3 Å². The lowest BCUT2D eigenvalue weighted by molar-refractivity contribution is -0.114. The van der Waals surface area contributed by atoms with Crippen LogP contribution in [-0.4, -0.2) is 37.0 Å². The van der Waals surface area contributed by atoms with Crippen LogP contribution in [0.2, 0.25) is 0 Å². The van der Waals surface area contributed by atoms with Crippen molar-refractivity contribution in [2.45, 2.75) is 0 Å². The molecule has 0 bridgehead atoms. The number of hydrogen-bond acceptors (Lipinski definition) is 4. The molecule has 2 aromatic carbocycles. The Kier molecular flexibility index (Phi) is 4.49. The number of Topliss-reactive ketones (excluding diaryl/α,β-unsaturated/α-hetero) is 2. The Hall–Kier alpha value is -3.54. The molecule has 6 heteroatoms. The smallest absolute Gasteiger partial charge is 0.299 e. The van der Waals surface area contributed by atoms with Crippen molar-refractivity contribution in [2.75, 3.05) is 23.4 Å². The number of para-hydroxylation sites is 2. The van der Waals surface area contributed by atoms with Gasteiger partial charge in [0, 0.05) is 13.6 Å². The van der Waals surface area contributed by atoms with Gasteiger partial charge in [0.1, 0.15) is 0 Å². The molecule has 0 saturated heterocycles. The minimum Gasteiger partial charge on any atom is -0.308 e. The monoisotopic (exact) mass is 348 g/mol. The first-order chi connectivity index (χ1) is 12.5. The van der Waals surface area contributed by atoms with Gasteiger partial charge in [0.05, 0.1) is 22.5 Å². The molecule has 0 aliphatic carbocycles. The summed E-state index contributed by atoms with van der Waals surface area (Å²) in [5, 5.41) is 0. The number of carbonyl (C=O) groups is 4. The van der Waals surface area contributed by atoms with E-state index < -0.39 is 23.4 Å². The molecule has 2 heterocycles. The third kappa shape index (κ3) is 2.71. The highest BCUT2D eigenvalue weighted by molar-refractivity contribution is 6.52. The predicted molar refractivity (Wildman–Crippen MR) is 97.5 cm³/mol. The van der Waals surface area contributed by atoms with Crippen molar-refractivity contribution < 1.29 is 19.2 Å². The fourth-order valence-electron chi connectivity index (χ4n) is 2.89. The second-order valence-electron chi connectivity index (χ2n) is 5.76. The molecule has 6 nitrogen and oxygen atoms in total. The Labute approximate surface area is 150 Å². The van der Waals surface area contributed by atoms with E-state index in [0.717, 1.165) is 0 Å². The highest BCUT2D eigenvalue weighted by Crippen LogP contribution is 2.28. The lowest BCUT2D eigenvalue weighted by Gasteiger charge is -2.12. The molecule has 2 aliphatic rings. The van der Waals surface area contributed by atoms with Crippen molar-refractivity contribution in [1.82, 2.24) is 0 Å². The van der Waals surface area contributed by atoms with Crippen LogP contribution >= 0.6 is 0 Å². The largest absolute Gasteiger partial charge is 0.308 e. The summed E-state index contributed by atoms with van der Waals surface area (Å²) in [6.45, 7) is 3.93. The van der Waals surface area contributed by atoms with Crippen molar-refractivity contribution in [3.8, 4) is 0 Å². The van der Waals surface area contributed by atoms with Gasteiger partial charge in [0.25, 0.3) is 23.4 Å². The van der Waals surface area contributed by atoms with Crippen molar-refractivity contribution in [3.05, 3.63) is 72.3 Å². The number of amides is 2. The average molecular weight is 348 g/mol. The van der Waals surface area contributed by atoms with Crippen molar-refractivity contribution in [1.29, 1.82) is 0 Å². The fraction of sp³-hybridized carbons (Fsp3) is 0.100. The number of rotatable bonds is 2. The fourth-order valence-corrected chi connectivity index (χ4v) is 2.89. The molecular formula is C20H16N2O4. The van der Waals surface area contributed by atoms with Gasteiger partial charge in [-0.2, -0.15) is 0 Å². The van der Waals surface area contributed by atoms with Gasteiger partial charge in [-0.3, -0.25) is 19.2 Å². The SMILES string of the molecule is C=CCN1C(=O)C(=O)c2ccccc21.CN1C(=O)C(=O)c2ccccc21. The van der Waals surface area contributed by atoms with Crippen LogP contribution in [0.3, 0.4) is 0 Å². The molecule has 2 aromatic rings. The minimum atomic E-state index is -0.467. The molecule has 26 heavy (non-hydrogen) atoms. The van der Waals surface area contributed by atoms with Crippen LogP contribution in [0.5, 0.6) is 0 Å². The maximum Gasteiger partial charge on any atom is 0.299 e. The van der Waals surface area contributed by atoms with E-state index in [2.05, 4.69) is 6.58 Å². The Bertz CT molecular complexity index is 948. The molecule has 0 saturated carbocycles. The standard InChI is InChI=1S/C11H9NO2.C9H7NO2/c1-2-7-12-9-6-4-3-5-8(9)10(13)11(12)14;1-10-7-5-3-2-4-6(7)8(11)9(10)12/h2-6H,1,7H2;2-5H,1H3. The van der Waals surface area contributed by atoms with Gasteiger partial charge in [-0.15, -0.1) is 6.58 Å². The lowest BCUT2D eigenvalue weighted by Crippen LogP contribution is -2.29. The van der Waals surface area contributed by atoms with Crippen LogP contribution in [0.15, 0.2) is 61.2 Å². The first kappa shape index (κ1) is 17.3. The summed E-state index contributed by atoms with van der Waals surface area (Å²) in [6.07, 6.45) is 1.60. The highest BCUT2D eigenvalue weighted by Gasteiger charge is 2.34. The van der Waals surface area contributed by atoms with Crippen LogP contribution in [0, 0.1) is 0 Å². The average Bonchev–Trinajstić information content (AvgIpc) is 3.04. The predicted octanol–water partition coefficient (Wildman–Crippen LogP) is 2.25. The van der Waals surface area contributed by atoms with Gasteiger partial charge in [0.15, 0.2) is 0 Å². The molecule has 130 valence electrons. The van der Waals surface area contributed by atoms with Crippen LogP contribution < -0.4 is 9.80 Å². The zero-order chi connectivity index (χ0) is 18.8. The first-order valence-corrected chi connectivity index (χ1v) is 7.95. The molecule has 0 N–H and O–H groups in total. The number of carbonyl (C=O) groups excluding carboxylic acids is 4. The molecule has 0 atom stereocenters. The number of ketones is 2. The quantitative estimate of drug-likeness (QED) is 0.616. The number of anilines is 2. The molecule has 4 rings (SSSR count). The summed E-state index contributed by atoms with van der Waals surface area (Å²) < 4.78 is 0. The third-order valence-corrected chi connectivity index (χ3v) is 4.20. The Morgan fingerprint density at radius 2 is 1.31 bits per heavy atom. The zero-order valence-corrected chi connectivity index (χ0v) is 14.1. The summed E-state index contributed by atoms with van der Waals surface area (Å²) in [5.41, 5.74) is 2.37. The molecule has 0 spiro atoms. The van der Waals surface area contributed by atoms with E-state index in [1.807, 2.05) is 0 Å². The molecule has 0 aromatic heterocycles. The van der Waals surface area contributed by atoms with Crippen LogP contribution in [-0.2, 0) is 9.59 Å². The van der Waals surface area contributed by atoms with E-state index in [1.165, 1.54) is 9.80 Å². The van der Waals surface area contributed by atoms with Crippen molar-refractivity contribution in [2.24, 2.45) is 0 Å². The third-order valence-electron chi connectivity index (χ3n) is 4.20. The summed E-state index contributed by atoms with van der Waals surface area (Å²) in [7, 11) is 1.60. The number of benzene rings is 2. The van der Waals surface area contributed by atoms with Gasteiger partial charge < -0.3 is 9.80 Å². The van der Waals surface area contributed by atoms with Gasteiger partial charge in [-0.1, -0.05) is 30.3 Å². The second kappa shape index (κ2) is 6.76. The van der Waals surface area contributed by atoms with E-state index in [1.54, 1.807) is 61.7 Å². The maximum atomic E-state index is 11.5. The summed E-state index contributed by atoms with van der Waals surface area (Å²) >= 11 is 0. The topological polar surface area (TPSA) is 74.8 Å². The van der Waals surface area contributed by atoms with Gasteiger partial charge in [-0.25, -0.2) is 0 Å². The Morgan fingerprint density at radius 1 is 0.808 bits per heavy atom. The molecule has 2 amide bonds. The number of nitrogens with zero attached hydrogens (tertiary/aromatic N) is 2. The zero-order valence-electron chi connectivity index (χ0n) is 14.1. The van der Waals surface area contributed by atoms with Crippen LogP contribution in [0.1, 0.15) is 20.7 Å². The van der Waals surface area contributed by atoms with Crippen LogP contribution in [0.25, 0.3) is 0 Å². The van der Waals surface area contributed by atoms with E-state index in [9.17, 15) is 19.2 Å². The highest BCUT2D eigenvalue weighted by atomic mass is 16.2. The minimum absolute atomic E-state index is 0.377. The first-order valence-electron chi connectivity index (χ1n) is 7.95. The summed E-state index contributed by atoms with van der Waals surface area (Å²) in [5.74, 6) is -1.75. The maximum absolute atomic E-state index is 11.5. The van der Waals surface area contributed by atoms with Crippen molar-refractivity contribution in [3.63, 3.8) is 0 Å². The Balaban J connectivity index is 0.000000152. The molecule has 2 aliphatic heterocycles. The van der Waals surface area contributed by atoms with Gasteiger partial charge in [0.2, 0.25) is 0 Å². The van der Waals surface area contributed by atoms with E-state index in [-0.39, 0.29) is 0 Å². The molecular weight excluding hydrogens is 332 g/mol. The second-order valence-corrected chi connectivity index (χ2v) is 5.76. The molecule has 0 radical (unpaired) electrons. The normalized spacial score (nSPS) is 14.8. The van der Waals surface area contributed by atoms with E-state index in [0.29, 0.717) is 29.0 Å². The number of likely N-dealkylation sites (N-methyl/N-ethyl adjacent to an activating group) is 1. The van der Waals surface area contributed by atoms with Crippen LogP contribution in [0.4, 0.5) is 11.4 Å². The lowest BCUT2D eigenvalue weighted by atomic mass is 10.1. The summed E-state index contributed by atoms with van der Waals surface area (Å²) in [6, 6.07) is 14.0. The van der Waals surface area contributed by atoms with Crippen molar-refractivity contribution >= 4 is 34.8 Å². The number of fused-ring (bicyclic) bond motifs is 2. The van der Waals surface area contributed by atoms with E-state index >= 15 is 0 Å². The summed E-state index contributed by atoms with van der Waals surface area (Å²) in [4.78, 5) is 48.1. The number of hydrogen-bond donors (Lipinski definition) is 0. The molecule has 0 unspecified atom stereocenters. The van der Waals surface area contributed by atoms with E-state index in [4.69, 9.17) is 0 Å².